The van der Waals surface area contributed by atoms with Crippen LogP contribution in [0.1, 0.15) is 22.3 Å². The minimum absolute atomic E-state index is 0.0172. The number of Topliss-reactive ketones (excluding diaryl/α,β-unsaturated/α-hetero) is 2. The van der Waals surface area contributed by atoms with E-state index in [2.05, 4.69) is 0 Å². The molecule has 2 aromatic carbocycles. The Balaban J connectivity index is 1.56. The maximum Gasteiger partial charge on any atom is 0.255 e. The van der Waals surface area contributed by atoms with Gasteiger partial charge in [0.1, 0.15) is 22.8 Å². The molecule has 1 heterocycles. The van der Waals surface area contributed by atoms with Crippen LogP contribution in [0.2, 0.25) is 0 Å². The van der Waals surface area contributed by atoms with Gasteiger partial charge in [-0.05, 0) is 62.2 Å². The summed E-state index contributed by atoms with van der Waals surface area (Å²) in [5.74, 6) is -5.84. The molecule has 0 saturated heterocycles. The minimum atomic E-state index is -2.69. The molecular formula is C30H31N3O9. The van der Waals surface area contributed by atoms with Gasteiger partial charge in [-0.2, -0.15) is 0 Å². The molecule has 0 fully saturated rings. The molecule has 6 rings (SSSR count). The number of nitrogens with zero attached hydrogens (tertiary/aromatic N) is 2. The van der Waals surface area contributed by atoms with Crippen molar-refractivity contribution in [1.29, 1.82) is 0 Å². The van der Waals surface area contributed by atoms with Crippen molar-refractivity contribution in [3.05, 3.63) is 58.1 Å². The van der Waals surface area contributed by atoms with Crippen LogP contribution >= 0.6 is 0 Å². The quantitative estimate of drug-likeness (QED) is 0.333. The van der Waals surface area contributed by atoms with E-state index in [0.717, 1.165) is 0 Å². The van der Waals surface area contributed by atoms with Crippen LogP contribution in [0.25, 0.3) is 11.1 Å². The maximum absolute atomic E-state index is 14.2. The number of ketones is 2. The number of carbonyl (C=O) groups excluding carboxylic acids is 3. The summed E-state index contributed by atoms with van der Waals surface area (Å²) in [5, 5.41) is 45.9. The van der Waals surface area contributed by atoms with E-state index in [4.69, 9.17) is 15.2 Å². The first-order valence-electron chi connectivity index (χ1n) is 13.4. The number of benzene rings is 2. The fourth-order valence-electron chi connectivity index (χ4n) is 6.98. The smallest absolute Gasteiger partial charge is 0.255 e. The Morgan fingerprint density at radius 2 is 1.74 bits per heavy atom. The number of primary amides is 1. The molecule has 4 aliphatic rings. The molecule has 0 radical (unpaired) electrons. The van der Waals surface area contributed by atoms with Crippen LogP contribution in [0.3, 0.4) is 0 Å². The number of ether oxygens (including phenoxy) is 2. The zero-order chi connectivity index (χ0) is 30.4. The van der Waals surface area contributed by atoms with Gasteiger partial charge in [0, 0.05) is 36.8 Å². The molecule has 1 amide bonds. The van der Waals surface area contributed by atoms with E-state index in [1.807, 2.05) is 4.90 Å². The van der Waals surface area contributed by atoms with Crippen molar-refractivity contribution in [2.75, 3.05) is 39.9 Å². The third kappa shape index (κ3) is 3.58. The molecule has 6 N–H and O–H groups in total. The lowest BCUT2D eigenvalue weighted by Crippen LogP contribution is -2.63. The van der Waals surface area contributed by atoms with Crippen LogP contribution in [0, 0.1) is 11.8 Å². The van der Waals surface area contributed by atoms with Crippen molar-refractivity contribution in [3.63, 3.8) is 0 Å². The first kappa shape index (κ1) is 27.6. The van der Waals surface area contributed by atoms with E-state index in [1.54, 1.807) is 52.5 Å². The zero-order valence-corrected chi connectivity index (χ0v) is 23.5. The molecule has 0 saturated carbocycles. The molecule has 12 heteroatoms. The van der Waals surface area contributed by atoms with Crippen molar-refractivity contribution in [2.45, 2.75) is 24.5 Å². The second-order valence-corrected chi connectivity index (χ2v) is 11.6. The number of anilines is 1. The van der Waals surface area contributed by atoms with Crippen LogP contribution < -0.4 is 20.1 Å². The number of rotatable bonds is 4. The van der Waals surface area contributed by atoms with Crippen LogP contribution in [-0.2, 0) is 16.0 Å². The summed E-state index contributed by atoms with van der Waals surface area (Å²) >= 11 is 0. The zero-order valence-electron chi connectivity index (χ0n) is 23.5. The van der Waals surface area contributed by atoms with E-state index in [1.165, 1.54) is 4.90 Å². The molecule has 42 heavy (non-hydrogen) atoms. The second kappa shape index (κ2) is 9.23. The molecule has 0 bridgehead atoms. The van der Waals surface area contributed by atoms with E-state index >= 15 is 0 Å². The third-order valence-corrected chi connectivity index (χ3v) is 8.86. The maximum atomic E-state index is 14.2. The average Bonchev–Trinajstić information content (AvgIpc) is 3.38. The number of aliphatic hydroxyl groups excluding tert-OH is 2. The number of phenols is 1. The number of carbonyl (C=O) groups is 3. The number of hydrogen-bond donors (Lipinski definition) is 5. The third-order valence-electron chi connectivity index (χ3n) is 8.86. The lowest BCUT2D eigenvalue weighted by Gasteiger charge is -2.50. The van der Waals surface area contributed by atoms with Gasteiger partial charge < -0.3 is 40.5 Å². The molecule has 220 valence electrons. The molecule has 12 nitrogen and oxygen atoms in total. The first-order chi connectivity index (χ1) is 19.8. The summed E-state index contributed by atoms with van der Waals surface area (Å²) in [6.45, 7) is 0.0624. The summed E-state index contributed by atoms with van der Waals surface area (Å²) in [7, 11) is 6.79. The van der Waals surface area contributed by atoms with Gasteiger partial charge in [-0.25, -0.2) is 0 Å². The van der Waals surface area contributed by atoms with Gasteiger partial charge in [0.2, 0.25) is 12.6 Å². The van der Waals surface area contributed by atoms with Crippen molar-refractivity contribution >= 4 is 23.2 Å². The van der Waals surface area contributed by atoms with Gasteiger partial charge in [0.25, 0.3) is 5.91 Å². The number of likely N-dealkylation sites (N-methyl/N-ethyl adjacent to an activating group) is 1. The Hall–Kier alpha value is -4.55. The van der Waals surface area contributed by atoms with Crippen LogP contribution in [0.5, 0.6) is 17.2 Å². The largest absolute Gasteiger partial charge is 0.510 e. The lowest BCUT2D eigenvalue weighted by molar-refractivity contribution is -0.148. The summed E-state index contributed by atoms with van der Waals surface area (Å²) in [5.41, 5.74) is 3.69. The highest BCUT2D eigenvalue weighted by Gasteiger charge is 2.63. The van der Waals surface area contributed by atoms with E-state index in [0.29, 0.717) is 33.9 Å². The number of amides is 1. The molecular weight excluding hydrogens is 546 g/mol. The van der Waals surface area contributed by atoms with Gasteiger partial charge in [0.05, 0.1) is 11.6 Å². The number of aliphatic hydroxyl groups is 3. The molecule has 4 unspecified atom stereocenters. The van der Waals surface area contributed by atoms with Gasteiger partial charge >= 0.3 is 0 Å². The fourth-order valence-corrected chi connectivity index (χ4v) is 6.98. The highest BCUT2D eigenvalue weighted by Crippen LogP contribution is 2.54. The number of allylic oxidation sites excluding steroid dienone is 1. The van der Waals surface area contributed by atoms with E-state index in [9.17, 15) is 34.8 Å². The number of fused-ring (bicyclic) bond motifs is 4. The van der Waals surface area contributed by atoms with Crippen molar-refractivity contribution in [3.8, 4) is 28.4 Å². The topological polar surface area (TPSA) is 183 Å². The van der Waals surface area contributed by atoms with Gasteiger partial charge in [-0.15, -0.1) is 0 Å². The molecule has 0 spiro atoms. The normalized spacial score (nSPS) is 26.3. The summed E-state index contributed by atoms with van der Waals surface area (Å²) in [6.07, 6.45) is 0.209. The molecule has 1 aliphatic heterocycles. The average molecular weight is 578 g/mol. The van der Waals surface area contributed by atoms with E-state index in [-0.39, 0.29) is 36.5 Å². The van der Waals surface area contributed by atoms with Crippen molar-refractivity contribution in [1.82, 2.24) is 4.90 Å². The number of phenolic OH excluding ortho intramolecular Hbond substituents is 1. The van der Waals surface area contributed by atoms with Crippen molar-refractivity contribution < 1.29 is 44.3 Å². The summed E-state index contributed by atoms with van der Waals surface area (Å²) in [4.78, 5) is 43.3. The lowest BCUT2D eigenvalue weighted by atomic mass is 9.58. The molecule has 0 aromatic heterocycles. The number of aromatic hydroxyl groups is 1. The minimum Gasteiger partial charge on any atom is -0.510 e. The first-order valence-corrected chi connectivity index (χ1v) is 13.4. The SMILES string of the molecule is CN(C)c1cc(-c2ccc3c(c2)OCO3)c(O)c2c1CC1CC3C(N(C)C)C(O)=C(C(N)=O)C(=O)C3(O)C(O)=C1C2=O. The Kier molecular flexibility index (Phi) is 6.07. The Labute approximate surface area is 240 Å². The van der Waals surface area contributed by atoms with Crippen LogP contribution in [-0.4, -0.2) is 89.4 Å². The predicted molar refractivity (Wildman–Crippen MR) is 150 cm³/mol. The number of hydrogen-bond acceptors (Lipinski definition) is 11. The van der Waals surface area contributed by atoms with Crippen LogP contribution in [0.4, 0.5) is 5.69 Å². The van der Waals surface area contributed by atoms with Gasteiger partial charge in [-0.1, -0.05) is 6.07 Å². The Morgan fingerprint density at radius 1 is 1.05 bits per heavy atom. The highest BCUT2D eigenvalue weighted by molar-refractivity contribution is 6.25. The monoisotopic (exact) mass is 577 g/mol. The molecule has 3 aliphatic carbocycles. The van der Waals surface area contributed by atoms with Crippen molar-refractivity contribution in [2.24, 2.45) is 17.6 Å². The van der Waals surface area contributed by atoms with Gasteiger partial charge in [-0.3, -0.25) is 19.3 Å². The fraction of sp³-hybridized carbons (Fsp3) is 0.367. The standard InChI is InChI=1S/C30H31N3O9/c1-32(2)17-10-14(12-5-6-18-19(9-12)42-11-41-18)24(34)21-15(17)7-13-8-16-23(33(3)4)26(36)22(29(31)39)28(38)30(16,40)27(37)20(13)25(21)35/h5-6,9-10,13,16,23,34,36-37,40H,7-8,11H2,1-4H3,(H2,31,39). The van der Waals surface area contributed by atoms with Crippen LogP contribution in [0.15, 0.2) is 46.9 Å². The Bertz CT molecular complexity index is 1660. The predicted octanol–water partition coefficient (Wildman–Crippen LogP) is 1.58. The summed E-state index contributed by atoms with van der Waals surface area (Å²) in [6, 6.07) is 5.83. The summed E-state index contributed by atoms with van der Waals surface area (Å²) < 4.78 is 10.9. The molecule has 4 atom stereocenters. The highest BCUT2D eigenvalue weighted by atomic mass is 16.7. The number of nitrogens with two attached hydrogens (primary N) is 1. The Morgan fingerprint density at radius 3 is 2.38 bits per heavy atom. The van der Waals surface area contributed by atoms with Gasteiger partial charge in [0.15, 0.2) is 22.9 Å². The van der Waals surface area contributed by atoms with E-state index < -0.39 is 58.0 Å². The second-order valence-electron chi connectivity index (χ2n) is 11.6. The molecule has 2 aromatic rings.